The number of benzene rings is 3. The normalized spacial score (nSPS) is 14.4. The first-order chi connectivity index (χ1) is 13.6. The fourth-order valence-corrected chi connectivity index (χ4v) is 4.30. The molecule has 0 saturated heterocycles. The lowest BCUT2D eigenvalue weighted by atomic mass is 9.86. The smallest absolute Gasteiger partial charge is 0.339 e. The molecule has 0 amide bonds. The topological polar surface area (TPSA) is 70.8 Å². The van der Waals surface area contributed by atoms with Crippen LogP contribution in [-0.4, -0.2) is 12.8 Å². The minimum atomic E-state index is -0.325. The van der Waals surface area contributed by atoms with Crippen molar-refractivity contribution in [2.75, 3.05) is 12.5 Å². The van der Waals surface area contributed by atoms with Crippen LogP contribution in [0.2, 0.25) is 0 Å². The predicted octanol–water partition coefficient (Wildman–Crippen LogP) is 4.61. The molecule has 0 aliphatic carbocycles. The lowest BCUT2D eigenvalue weighted by Crippen LogP contribution is -2.04. The standard InChI is InChI=1S/C23H21NO4/c1-3-12-7-15-16(8-13(12)4-2)22(24)17-10-26-23(25)21(17)20(15)14-5-6-18-19(9-14)28-11-27-18/h5-9H,3-4,10-11,24H2,1-2H3. The lowest BCUT2D eigenvalue weighted by molar-refractivity contribution is 0.0536. The molecule has 0 atom stereocenters. The van der Waals surface area contributed by atoms with Gasteiger partial charge in [-0.2, -0.15) is 0 Å². The zero-order valence-electron chi connectivity index (χ0n) is 15.9. The van der Waals surface area contributed by atoms with Gasteiger partial charge in [-0.1, -0.05) is 26.0 Å². The Hall–Kier alpha value is -3.21. The highest BCUT2D eigenvalue weighted by Gasteiger charge is 2.31. The molecule has 2 heterocycles. The molecule has 0 unspecified atom stereocenters. The minimum absolute atomic E-state index is 0.210. The average molecular weight is 375 g/mol. The molecular weight excluding hydrogens is 354 g/mol. The van der Waals surface area contributed by atoms with Crippen LogP contribution in [0.4, 0.5) is 5.69 Å². The fourth-order valence-electron chi connectivity index (χ4n) is 4.30. The number of esters is 1. The molecule has 2 N–H and O–H groups in total. The van der Waals surface area contributed by atoms with Gasteiger partial charge in [0.1, 0.15) is 6.61 Å². The van der Waals surface area contributed by atoms with Crippen LogP contribution in [0.5, 0.6) is 11.5 Å². The van der Waals surface area contributed by atoms with E-state index in [1.807, 2.05) is 18.2 Å². The highest BCUT2D eigenvalue weighted by atomic mass is 16.7. The third-order valence-corrected chi connectivity index (χ3v) is 5.75. The summed E-state index contributed by atoms with van der Waals surface area (Å²) in [6, 6.07) is 10.1. The van der Waals surface area contributed by atoms with Gasteiger partial charge in [-0.15, -0.1) is 0 Å². The molecule has 0 radical (unpaired) electrons. The van der Waals surface area contributed by atoms with E-state index in [0.29, 0.717) is 22.7 Å². The van der Waals surface area contributed by atoms with E-state index in [4.69, 9.17) is 19.9 Å². The second kappa shape index (κ2) is 6.16. The minimum Gasteiger partial charge on any atom is -0.457 e. The molecule has 3 aromatic rings. The number of nitrogen functional groups attached to an aromatic ring is 1. The van der Waals surface area contributed by atoms with Gasteiger partial charge in [-0.3, -0.25) is 0 Å². The van der Waals surface area contributed by atoms with Gasteiger partial charge in [0.2, 0.25) is 6.79 Å². The molecule has 28 heavy (non-hydrogen) atoms. The Morgan fingerprint density at radius 3 is 2.36 bits per heavy atom. The van der Waals surface area contributed by atoms with Crippen molar-refractivity contribution in [2.45, 2.75) is 33.3 Å². The van der Waals surface area contributed by atoms with E-state index in [2.05, 4.69) is 26.0 Å². The van der Waals surface area contributed by atoms with Crippen LogP contribution in [0.15, 0.2) is 30.3 Å². The van der Waals surface area contributed by atoms with E-state index < -0.39 is 0 Å². The van der Waals surface area contributed by atoms with Crippen LogP contribution in [-0.2, 0) is 24.2 Å². The summed E-state index contributed by atoms with van der Waals surface area (Å²) in [5, 5.41) is 1.95. The first-order valence-electron chi connectivity index (χ1n) is 9.59. The van der Waals surface area contributed by atoms with Gasteiger partial charge >= 0.3 is 5.97 Å². The highest BCUT2D eigenvalue weighted by molar-refractivity contribution is 6.15. The van der Waals surface area contributed by atoms with Crippen LogP contribution in [0.1, 0.15) is 40.9 Å². The second-order valence-corrected chi connectivity index (χ2v) is 7.16. The van der Waals surface area contributed by atoms with Gasteiger partial charge in [0, 0.05) is 22.2 Å². The van der Waals surface area contributed by atoms with Crippen molar-refractivity contribution in [3.63, 3.8) is 0 Å². The molecule has 5 nitrogen and oxygen atoms in total. The van der Waals surface area contributed by atoms with Gasteiger partial charge in [0.25, 0.3) is 0 Å². The number of hydrogen-bond acceptors (Lipinski definition) is 5. The summed E-state index contributed by atoms with van der Waals surface area (Å²) in [5.74, 6) is 1.07. The summed E-state index contributed by atoms with van der Waals surface area (Å²) in [4.78, 5) is 12.6. The Kier molecular flexibility index (Phi) is 3.72. The molecule has 0 fully saturated rings. The van der Waals surface area contributed by atoms with Gasteiger partial charge < -0.3 is 19.9 Å². The van der Waals surface area contributed by atoms with Crippen molar-refractivity contribution in [1.82, 2.24) is 0 Å². The highest BCUT2D eigenvalue weighted by Crippen LogP contribution is 2.45. The second-order valence-electron chi connectivity index (χ2n) is 7.16. The molecule has 5 rings (SSSR count). The zero-order chi connectivity index (χ0) is 19.4. The average Bonchev–Trinajstić information content (AvgIpc) is 3.34. The lowest BCUT2D eigenvalue weighted by Gasteiger charge is -2.17. The third kappa shape index (κ3) is 2.29. The van der Waals surface area contributed by atoms with Crippen LogP contribution in [0.25, 0.3) is 21.9 Å². The largest absolute Gasteiger partial charge is 0.457 e. The maximum absolute atomic E-state index is 12.6. The predicted molar refractivity (Wildman–Crippen MR) is 108 cm³/mol. The van der Waals surface area contributed by atoms with Crippen molar-refractivity contribution in [1.29, 1.82) is 0 Å². The summed E-state index contributed by atoms with van der Waals surface area (Å²) in [6.07, 6.45) is 1.85. The first-order valence-corrected chi connectivity index (χ1v) is 9.59. The molecule has 0 spiro atoms. The van der Waals surface area contributed by atoms with E-state index >= 15 is 0 Å². The number of anilines is 1. The Bertz CT molecular complexity index is 1150. The quantitative estimate of drug-likeness (QED) is 0.535. The van der Waals surface area contributed by atoms with Crippen LogP contribution < -0.4 is 15.2 Å². The van der Waals surface area contributed by atoms with Crippen molar-refractivity contribution >= 4 is 22.4 Å². The maximum atomic E-state index is 12.6. The molecule has 142 valence electrons. The van der Waals surface area contributed by atoms with E-state index in [1.54, 1.807) is 0 Å². The van der Waals surface area contributed by atoms with Gasteiger partial charge in [0.15, 0.2) is 11.5 Å². The number of carbonyl (C=O) groups excluding carboxylic acids is 1. The van der Waals surface area contributed by atoms with Gasteiger partial charge in [-0.25, -0.2) is 4.79 Å². The Morgan fingerprint density at radius 2 is 1.61 bits per heavy atom. The third-order valence-electron chi connectivity index (χ3n) is 5.75. The maximum Gasteiger partial charge on any atom is 0.339 e. The number of carbonyl (C=O) groups is 1. The molecule has 0 aromatic heterocycles. The van der Waals surface area contributed by atoms with Crippen molar-refractivity contribution in [2.24, 2.45) is 0 Å². The Morgan fingerprint density at radius 1 is 0.893 bits per heavy atom. The number of nitrogens with two attached hydrogens (primary N) is 1. The summed E-state index contributed by atoms with van der Waals surface area (Å²) in [7, 11) is 0. The van der Waals surface area contributed by atoms with E-state index in [1.165, 1.54) is 11.1 Å². The van der Waals surface area contributed by atoms with Crippen LogP contribution in [0, 0.1) is 0 Å². The van der Waals surface area contributed by atoms with Crippen molar-refractivity contribution in [3.8, 4) is 22.6 Å². The van der Waals surface area contributed by atoms with E-state index in [-0.39, 0.29) is 19.4 Å². The fraction of sp³-hybridized carbons (Fsp3) is 0.261. The number of aryl methyl sites for hydroxylation is 2. The number of hydrogen-bond donors (Lipinski definition) is 1. The number of fused-ring (bicyclic) bond motifs is 3. The van der Waals surface area contributed by atoms with Crippen molar-refractivity contribution in [3.05, 3.63) is 52.6 Å². The first kappa shape index (κ1) is 16.9. The van der Waals surface area contributed by atoms with Crippen LogP contribution >= 0.6 is 0 Å². The summed E-state index contributed by atoms with van der Waals surface area (Å²) in [5.41, 5.74) is 12.8. The zero-order valence-corrected chi connectivity index (χ0v) is 15.9. The molecule has 2 aliphatic heterocycles. The van der Waals surface area contributed by atoms with E-state index in [0.717, 1.165) is 40.3 Å². The Balaban J connectivity index is 1.90. The van der Waals surface area contributed by atoms with Gasteiger partial charge in [0.05, 0.1) is 5.56 Å². The molecule has 0 bridgehead atoms. The molecule has 2 aliphatic rings. The number of ether oxygens (including phenoxy) is 3. The molecule has 0 saturated carbocycles. The molecule has 3 aromatic carbocycles. The summed E-state index contributed by atoms with van der Waals surface area (Å²) >= 11 is 0. The number of cyclic esters (lactones) is 1. The SMILES string of the molecule is CCc1cc2c(N)c3c(c(-c4ccc5c(c4)OCO5)c2cc1CC)C(=O)OC3. The monoisotopic (exact) mass is 375 g/mol. The Labute approximate surface area is 163 Å². The summed E-state index contributed by atoms with van der Waals surface area (Å²) in [6.45, 7) is 4.71. The van der Waals surface area contributed by atoms with Crippen LogP contribution in [0.3, 0.4) is 0 Å². The summed E-state index contributed by atoms with van der Waals surface area (Å²) < 4.78 is 16.4. The molecular formula is C23H21NO4. The van der Waals surface area contributed by atoms with Gasteiger partial charge in [-0.05, 0) is 53.1 Å². The molecule has 5 heteroatoms. The van der Waals surface area contributed by atoms with E-state index in [9.17, 15) is 4.79 Å². The van der Waals surface area contributed by atoms with Crippen molar-refractivity contribution < 1.29 is 19.0 Å². The number of rotatable bonds is 3.